The fourth-order valence-corrected chi connectivity index (χ4v) is 1.51. The number of fused-ring (bicyclic) bond motifs is 1. The Morgan fingerprint density at radius 1 is 1.31 bits per heavy atom. The summed E-state index contributed by atoms with van der Waals surface area (Å²) in [5.74, 6) is -2.62. The molecule has 0 fully saturated rings. The van der Waals surface area contributed by atoms with Crippen LogP contribution in [0.15, 0.2) is 34.9 Å². The summed E-state index contributed by atoms with van der Waals surface area (Å²) in [6, 6.07) is 7.04. The number of hydrogen-bond donors (Lipinski definition) is 1. The Hall–Kier alpha value is -2.10. The molecule has 0 aliphatic heterocycles. The molecule has 1 heterocycles. The Kier molecular flexibility index (Phi) is 2.48. The number of para-hydroxylation sites is 1. The standard InChI is InChI=1S/C12H10O4/c1-7(12(14)15)11(13)9-6-16-10-5-3-2-4-8(9)10/h2-7H,1H3,(H,14,15). The molecule has 1 aromatic carbocycles. The van der Waals surface area contributed by atoms with E-state index in [9.17, 15) is 9.59 Å². The van der Waals surface area contributed by atoms with Crippen molar-refractivity contribution in [2.24, 2.45) is 5.92 Å². The summed E-state index contributed by atoms with van der Waals surface area (Å²) in [4.78, 5) is 22.5. The van der Waals surface area contributed by atoms with Crippen molar-refractivity contribution in [3.05, 3.63) is 36.1 Å². The Labute approximate surface area is 91.5 Å². The van der Waals surface area contributed by atoms with Crippen molar-refractivity contribution >= 4 is 22.7 Å². The first-order valence-electron chi connectivity index (χ1n) is 4.84. The van der Waals surface area contributed by atoms with E-state index in [1.165, 1.54) is 13.2 Å². The zero-order chi connectivity index (χ0) is 11.7. The van der Waals surface area contributed by atoms with E-state index in [4.69, 9.17) is 9.52 Å². The minimum absolute atomic E-state index is 0.325. The van der Waals surface area contributed by atoms with E-state index in [2.05, 4.69) is 0 Å². The summed E-state index contributed by atoms with van der Waals surface area (Å²) in [5, 5.41) is 9.43. The van der Waals surface area contributed by atoms with Crippen LogP contribution >= 0.6 is 0 Å². The lowest BCUT2D eigenvalue weighted by atomic mass is 9.99. The van der Waals surface area contributed by atoms with Gasteiger partial charge in [-0.25, -0.2) is 0 Å². The molecular weight excluding hydrogens is 208 g/mol. The summed E-state index contributed by atoms with van der Waals surface area (Å²) in [5.41, 5.74) is 0.911. The van der Waals surface area contributed by atoms with Gasteiger partial charge >= 0.3 is 5.97 Å². The van der Waals surface area contributed by atoms with Crippen molar-refractivity contribution in [1.29, 1.82) is 0 Å². The van der Waals surface area contributed by atoms with Crippen molar-refractivity contribution in [3.8, 4) is 0 Å². The quantitative estimate of drug-likeness (QED) is 0.634. The van der Waals surface area contributed by atoms with E-state index in [-0.39, 0.29) is 0 Å². The number of carboxylic acids is 1. The van der Waals surface area contributed by atoms with Gasteiger partial charge in [-0.15, -0.1) is 0 Å². The smallest absolute Gasteiger partial charge is 0.314 e. The fourth-order valence-electron chi connectivity index (χ4n) is 1.51. The second kappa shape index (κ2) is 3.81. The molecule has 0 amide bonds. The third-order valence-electron chi connectivity index (χ3n) is 2.51. The molecule has 0 spiro atoms. The van der Waals surface area contributed by atoms with E-state index < -0.39 is 17.7 Å². The predicted molar refractivity (Wildman–Crippen MR) is 57.3 cm³/mol. The fraction of sp³-hybridized carbons (Fsp3) is 0.167. The van der Waals surface area contributed by atoms with Crippen molar-refractivity contribution < 1.29 is 19.1 Å². The van der Waals surface area contributed by atoms with E-state index in [1.54, 1.807) is 24.3 Å². The molecule has 82 valence electrons. The first kappa shape index (κ1) is 10.4. The summed E-state index contributed by atoms with van der Waals surface area (Å²) in [7, 11) is 0. The van der Waals surface area contributed by atoms with Crippen LogP contribution in [0.1, 0.15) is 17.3 Å². The van der Waals surface area contributed by atoms with E-state index in [0.717, 1.165) is 0 Å². The second-order valence-corrected chi connectivity index (χ2v) is 3.57. The molecule has 0 saturated carbocycles. The number of benzene rings is 1. The molecule has 0 radical (unpaired) electrons. The molecule has 4 nitrogen and oxygen atoms in total. The molecule has 0 aliphatic rings. The monoisotopic (exact) mass is 218 g/mol. The molecule has 1 N–H and O–H groups in total. The molecule has 2 rings (SSSR count). The van der Waals surface area contributed by atoms with Gasteiger partial charge in [-0.2, -0.15) is 0 Å². The van der Waals surface area contributed by atoms with Gasteiger partial charge in [0.05, 0.1) is 5.56 Å². The highest BCUT2D eigenvalue weighted by atomic mass is 16.4. The van der Waals surface area contributed by atoms with Gasteiger partial charge < -0.3 is 9.52 Å². The molecule has 1 aromatic heterocycles. The predicted octanol–water partition coefficient (Wildman–Crippen LogP) is 2.34. The van der Waals surface area contributed by atoms with Crippen LogP contribution < -0.4 is 0 Å². The Morgan fingerprint density at radius 2 is 2.00 bits per heavy atom. The zero-order valence-electron chi connectivity index (χ0n) is 8.64. The number of ketones is 1. The molecular formula is C12H10O4. The molecule has 0 bridgehead atoms. The summed E-state index contributed by atoms with van der Waals surface area (Å²) < 4.78 is 5.19. The number of hydrogen-bond acceptors (Lipinski definition) is 3. The normalized spacial score (nSPS) is 12.6. The highest BCUT2D eigenvalue weighted by Gasteiger charge is 2.24. The van der Waals surface area contributed by atoms with Gasteiger partial charge in [-0.1, -0.05) is 18.2 Å². The number of furan rings is 1. The van der Waals surface area contributed by atoms with Gasteiger partial charge in [0.2, 0.25) is 0 Å². The topological polar surface area (TPSA) is 67.5 Å². The zero-order valence-corrected chi connectivity index (χ0v) is 8.64. The Bertz CT molecular complexity index is 553. The molecule has 1 unspecified atom stereocenters. The van der Waals surface area contributed by atoms with Crippen molar-refractivity contribution in [2.45, 2.75) is 6.92 Å². The summed E-state index contributed by atoms with van der Waals surface area (Å²) >= 11 is 0. The lowest BCUT2D eigenvalue weighted by Crippen LogP contribution is -2.20. The first-order chi connectivity index (χ1) is 7.61. The molecule has 4 heteroatoms. The molecule has 16 heavy (non-hydrogen) atoms. The van der Waals surface area contributed by atoms with Crippen LogP contribution in [-0.4, -0.2) is 16.9 Å². The third kappa shape index (κ3) is 1.58. The van der Waals surface area contributed by atoms with Crippen molar-refractivity contribution in [1.82, 2.24) is 0 Å². The lowest BCUT2D eigenvalue weighted by molar-refractivity contribution is -0.139. The van der Waals surface area contributed by atoms with Crippen LogP contribution in [0.4, 0.5) is 0 Å². The van der Waals surface area contributed by atoms with Gasteiger partial charge in [0, 0.05) is 5.39 Å². The first-order valence-corrected chi connectivity index (χ1v) is 4.84. The maximum Gasteiger partial charge on any atom is 0.314 e. The maximum atomic E-state index is 11.8. The summed E-state index contributed by atoms with van der Waals surface area (Å²) in [6.07, 6.45) is 1.31. The summed E-state index contributed by atoms with van der Waals surface area (Å²) in [6.45, 7) is 1.37. The average Bonchev–Trinajstić information content (AvgIpc) is 2.70. The number of rotatable bonds is 3. The lowest BCUT2D eigenvalue weighted by Gasteiger charge is -2.02. The van der Waals surface area contributed by atoms with Crippen LogP contribution in [0.5, 0.6) is 0 Å². The average molecular weight is 218 g/mol. The Morgan fingerprint density at radius 3 is 2.69 bits per heavy atom. The van der Waals surface area contributed by atoms with E-state index in [1.807, 2.05) is 0 Å². The molecule has 0 aliphatic carbocycles. The van der Waals surface area contributed by atoms with Gasteiger partial charge in [0.1, 0.15) is 17.8 Å². The highest BCUT2D eigenvalue weighted by Crippen LogP contribution is 2.23. The van der Waals surface area contributed by atoms with Crippen LogP contribution in [-0.2, 0) is 4.79 Å². The highest BCUT2D eigenvalue weighted by molar-refractivity contribution is 6.14. The van der Waals surface area contributed by atoms with Crippen LogP contribution in [0, 0.1) is 5.92 Å². The number of Topliss-reactive ketones (excluding diaryl/α,β-unsaturated/α-hetero) is 1. The number of carbonyl (C=O) groups excluding carboxylic acids is 1. The van der Waals surface area contributed by atoms with Crippen LogP contribution in [0.3, 0.4) is 0 Å². The molecule has 1 atom stereocenters. The third-order valence-corrected chi connectivity index (χ3v) is 2.51. The molecule has 2 aromatic rings. The van der Waals surface area contributed by atoms with Crippen molar-refractivity contribution in [3.63, 3.8) is 0 Å². The Balaban J connectivity index is 2.48. The number of aliphatic carboxylic acids is 1. The van der Waals surface area contributed by atoms with Crippen LogP contribution in [0.2, 0.25) is 0 Å². The van der Waals surface area contributed by atoms with Gasteiger partial charge in [0.15, 0.2) is 5.78 Å². The minimum atomic E-state index is -1.13. The van der Waals surface area contributed by atoms with Crippen LogP contribution in [0.25, 0.3) is 11.0 Å². The SMILES string of the molecule is CC(C(=O)O)C(=O)c1coc2ccccc12. The second-order valence-electron chi connectivity index (χ2n) is 3.57. The minimum Gasteiger partial charge on any atom is -0.481 e. The van der Waals surface area contributed by atoms with Gasteiger partial charge in [-0.3, -0.25) is 9.59 Å². The number of carbonyl (C=O) groups is 2. The van der Waals surface area contributed by atoms with E-state index in [0.29, 0.717) is 16.5 Å². The molecule has 0 saturated heterocycles. The maximum absolute atomic E-state index is 11.8. The van der Waals surface area contributed by atoms with E-state index >= 15 is 0 Å². The van der Waals surface area contributed by atoms with Crippen molar-refractivity contribution in [2.75, 3.05) is 0 Å². The van der Waals surface area contributed by atoms with Gasteiger partial charge in [-0.05, 0) is 13.0 Å². The van der Waals surface area contributed by atoms with Gasteiger partial charge in [0.25, 0.3) is 0 Å². The largest absolute Gasteiger partial charge is 0.481 e. The number of carboxylic acid groups (broad SMARTS) is 1.